The van der Waals surface area contributed by atoms with Gasteiger partial charge in [0.2, 0.25) is 53.2 Å². The largest absolute Gasteiger partial charge is 0.480 e. The Morgan fingerprint density at radius 2 is 0.659 bits per heavy atom. The molecule has 0 saturated carbocycles. The summed E-state index contributed by atoms with van der Waals surface area (Å²) in [7, 11) is 0. The maximum absolute atomic E-state index is 14.1. The normalized spacial score (nSPS) is 14.3. The molecule has 0 heterocycles. The average molecular weight is 1260 g/mol. The minimum absolute atomic E-state index is 0.0126. The molecule has 0 aromatic heterocycles. The Hall–Kier alpha value is -5.58. The molecule has 0 aromatic rings. The first kappa shape index (κ1) is 82.4. The van der Waals surface area contributed by atoms with Crippen molar-refractivity contribution in [3.8, 4) is 0 Å². The van der Waals surface area contributed by atoms with Crippen LogP contribution in [0.1, 0.15) is 226 Å². The Morgan fingerprint density at radius 3 is 1.00 bits per heavy atom. The number of rotatable bonds is 57. The summed E-state index contributed by atoms with van der Waals surface area (Å²) in [5.74, 6) is -7.95. The first-order valence-corrected chi connectivity index (χ1v) is 32.9. The van der Waals surface area contributed by atoms with E-state index in [2.05, 4.69) is 54.8 Å². The molecule has 27 heteroatoms. The molecule has 0 unspecified atom stereocenters. The lowest BCUT2D eigenvalue weighted by molar-refractivity contribution is -0.142. The molecule has 9 amide bonds. The molecular weight excluding hydrogens is 1140 g/mol. The van der Waals surface area contributed by atoms with Crippen molar-refractivity contribution in [3.05, 3.63) is 0 Å². The molecule has 0 saturated heterocycles. The Labute approximate surface area is 523 Å². The molecule has 9 atom stereocenters. The fourth-order valence-corrected chi connectivity index (χ4v) is 9.88. The lowest BCUT2D eigenvalue weighted by Crippen LogP contribution is -2.62. The fraction of sp³-hybridized carbons (Fsp3) is 0.836. The number of aliphatic hydroxyl groups excluding tert-OH is 2. The third-order valence-electron chi connectivity index (χ3n) is 15.2. The predicted molar refractivity (Wildman–Crippen MR) is 339 cm³/mol. The summed E-state index contributed by atoms with van der Waals surface area (Å²) in [6, 6.07) is -11.0. The van der Waals surface area contributed by atoms with Crippen LogP contribution in [0.2, 0.25) is 0 Å². The number of carbonyl (C=O) groups excluding carboxylic acids is 9. The quantitative estimate of drug-likeness (QED) is 0.0374. The topological polar surface area (TPSA) is 470 Å². The van der Waals surface area contributed by atoms with Gasteiger partial charge in [0, 0.05) is 19.9 Å². The zero-order valence-corrected chi connectivity index (χ0v) is 53.6. The van der Waals surface area contributed by atoms with Crippen LogP contribution in [-0.4, -0.2) is 175 Å². The van der Waals surface area contributed by atoms with Crippen LogP contribution in [0.5, 0.6) is 0 Å². The molecule has 27 nitrogen and oxygen atoms in total. The lowest BCUT2D eigenvalue weighted by atomic mass is 10.0. The van der Waals surface area contributed by atoms with Gasteiger partial charge in [0.05, 0.1) is 12.7 Å². The van der Waals surface area contributed by atoms with E-state index < -0.39 is 114 Å². The summed E-state index contributed by atoms with van der Waals surface area (Å²) in [5, 5.41) is 54.7. The smallest absolute Gasteiger partial charge is 0.326 e. The number of amides is 9. The van der Waals surface area contributed by atoms with Gasteiger partial charge >= 0.3 is 5.97 Å². The van der Waals surface area contributed by atoms with Crippen LogP contribution >= 0.6 is 0 Å². The molecule has 0 fully saturated rings. The maximum Gasteiger partial charge on any atom is 0.326 e. The second-order valence-corrected chi connectivity index (χ2v) is 23.1. The van der Waals surface area contributed by atoms with Gasteiger partial charge in [-0.25, -0.2) is 4.79 Å². The summed E-state index contributed by atoms with van der Waals surface area (Å²) in [6.45, 7) is 5.45. The van der Waals surface area contributed by atoms with Crippen molar-refractivity contribution < 1.29 is 63.3 Å². The van der Waals surface area contributed by atoms with Gasteiger partial charge in [0.15, 0.2) is 0 Å². The van der Waals surface area contributed by atoms with E-state index >= 15 is 0 Å². The van der Waals surface area contributed by atoms with Crippen molar-refractivity contribution in [3.63, 3.8) is 0 Å². The molecule has 0 aliphatic heterocycles. The van der Waals surface area contributed by atoms with Crippen molar-refractivity contribution in [1.82, 2.24) is 47.9 Å². The van der Waals surface area contributed by atoms with Crippen LogP contribution in [0.25, 0.3) is 0 Å². The molecule has 510 valence electrons. The third-order valence-corrected chi connectivity index (χ3v) is 15.2. The van der Waals surface area contributed by atoms with Gasteiger partial charge in [-0.3, -0.25) is 43.2 Å². The zero-order chi connectivity index (χ0) is 65.9. The average Bonchev–Trinajstić information content (AvgIpc) is 3.67. The van der Waals surface area contributed by atoms with E-state index in [1.54, 1.807) is 0 Å². The summed E-state index contributed by atoms with van der Waals surface area (Å²) >= 11 is 0. The van der Waals surface area contributed by atoms with E-state index in [-0.39, 0.29) is 70.5 Å². The van der Waals surface area contributed by atoms with Gasteiger partial charge < -0.3 is 91.8 Å². The zero-order valence-electron chi connectivity index (χ0n) is 53.6. The van der Waals surface area contributed by atoms with Gasteiger partial charge in [-0.1, -0.05) is 84.0 Å². The van der Waals surface area contributed by atoms with E-state index in [0.29, 0.717) is 96.7 Å². The number of aliphatic carboxylic acids is 1. The summed E-state index contributed by atoms with van der Waals surface area (Å²) in [5.41, 5.74) is 28.5. The molecule has 22 N–H and O–H groups in total. The Bertz CT molecular complexity index is 1970. The molecule has 0 radical (unpaired) electrons. The second kappa shape index (κ2) is 53.3. The van der Waals surface area contributed by atoms with Crippen LogP contribution in [0.15, 0.2) is 0 Å². The molecule has 0 rings (SSSR count). The van der Waals surface area contributed by atoms with E-state index in [4.69, 9.17) is 28.7 Å². The number of hydrogen-bond donors (Lipinski definition) is 17. The molecule has 88 heavy (non-hydrogen) atoms. The van der Waals surface area contributed by atoms with Crippen LogP contribution in [0.3, 0.4) is 0 Å². The SMILES string of the molecule is CCCCCCCCCCCCCCCC(=O)NCCCC[C@H](NC(=O)[C@H](CCCCN)NC(=O)[C@@H](NC(=O)[C@H](CCCCN)NC(=O)[C@H](CO)NC(=O)[C@H](CCCCN)NC(=O)[C@H](CCCCN)NC(=O)[C@H](CCCCN)NC(C)=O)[C@@H](C)O)C(=O)O. The van der Waals surface area contributed by atoms with Crippen molar-refractivity contribution in [2.45, 2.75) is 281 Å². The predicted octanol–water partition coefficient (Wildman–Crippen LogP) is 0.755. The molecule has 0 spiro atoms. The van der Waals surface area contributed by atoms with Gasteiger partial charge in [-0.2, -0.15) is 0 Å². The summed E-state index contributed by atoms with van der Waals surface area (Å²) in [6.07, 6.45) is 19.9. The number of carboxylic acid groups (broad SMARTS) is 1. The van der Waals surface area contributed by atoms with Crippen LogP contribution in [0, 0.1) is 0 Å². The molecule has 0 aliphatic rings. The van der Waals surface area contributed by atoms with Crippen molar-refractivity contribution in [1.29, 1.82) is 0 Å². The van der Waals surface area contributed by atoms with E-state index in [9.17, 15) is 63.3 Å². The lowest BCUT2D eigenvalue weighted by Gasteiger charge is -2.28. The van der Waals surface area contributed by atoms with Crippen molar-refractivity contribution in [2.24, 2.45) is 28.7 Å². The van der Waals surface area contributed by atoms with E-state index in [0.717, 1.165) is 19.3 Å². The third kappa shape index (κ3) is 40.1. The van der Waals surface area contributed by atoms with Crippen LogP contribution in [-0.2, 0) is 47.9 Å². The number of hydrogen-bond acceptors (Lipinski definition) is 17. The minimum atomic E-state index is -1.72. The monoisotopic (exact) mass is 1250 g/mol. The molecule has 0 aromatic carbocycles. The number of carboxylic acids is 1. The van der Waals surface area contributed by atoms with Gasteiger partial charge in [-0.15, -0.1) is 0 Å². The van der Waals surface area contributed by atoms with Crippen molar-refractivity contribution >= 4 is 59.1 Å². The number of nitrogens with one attached hydrogen (secondary N) is 9. The van der Waals surface area contributed by atoms with E-state index in [1.165, 1.54) is 78.1 Å². The standard InChI is InChI=1S/C61H118N14O13/c1-4-5-6-7-8-9-10-11-12-13-14-15-16-35-52(79)67-41-28-22-34-50(61(87)88)73-56(82)48(32-20-26-39-65)72-60(86)53(43(2)77)75-58(84)49(33-21-27-40-66)71-59(85)51(42-76)74-57(83)47(31-19-25-38-64)70-55(81)46(30-18-24-37-63)69-54(80)45(68-44(3)78)29-17-23-36-62/h43,45-51,53,76-77H,4-42,62-66H2,1-3H3,(H,67,79)(H,68,78)(H,69,80)(H,70,81)(H,71,85)(H,72,86)(H,73,82)(H,74,83)(H,75,84)(H,87,88)/t43-,45+,46+,47+,48+,49+,50+,51+,53+/m1/s1. The Balaban J connectivity index is 6.00. The van der Waals surface area contributed by atoms with Gasteiger partial charge in [-0.05, 0) is 162 Å². The number of aliphatic hydroxyl groups is 2. The highest BCUT2D eigenvalue weighted by Gasteiger charge is 2.36. The maximum atomic E-state index is 14.1. The van der Waals surface area contributed by atoms with Gasteiger partial charge in [0.1, 0.15) is 48.3 Å². The Morgan fingerprint density at radius 1 is 0.364 bits per heavy atom. The highest BCUT2D eigenvalue weighted by Crippen LogP contribution is 2.15. The second-order valence-electron chi connectivity index (χ2n) is 23.1. The number of nitrogens with two attached hydrogens (primary N) is 5. The minimum Gasteiger partial charge on any atom is -0.480 e. The van der Waals surface area contributed by atoms with E-state index in [1.807, 2.05) is 0 Å². The first-order chi connectivity index (χ1) is 42.2. The molecular formula is C61H118N14O13. The van der Waals surface area contributed by atoms with Gasteiger partial charge in [0.25, 0.3) is 0 Å². The number of unbranched alkanes of at least 4 members (excludes halogenated alkanes) is 18. The molecule has 0 aliphatic carbocycles. The fourth-order valence-electron chi connectivity index (χ4n) is 9.88. The summed E-state index contributed by atoms with van der Waals surface area (Å²) < 4.78 is 0. The summed E-state index contributed by atoms with van der Waals surface area (Å²) in [4.78, 5) is 134. The Kier molecular flexibility index (Phi) is 49.9. The van der Waals surface area contributed by atoms with Crippen molar-refractivity contribution in [2.75, 3.05) is 45.9 Å². The first-order valence-electron chi connectivity index (χ1n) is 32.9. The molecule has 0 bridgehead atoms. The highest BCUT2D eigenvalue weighted by molar-refractivity contribution is 5.98. The van der Waals surface area contributed by atoms with Crippen LogP contribution in [0.4, 0.5) is 0 Å². The number of carbonyl (C=O) groups is 10. The highest BCUT2D eigenvalue weighted by atomic mass is 16.4. The van der Waals surface area contributed by atoms with Crippen LogP contribution < -0.4 is 76.5 Å².